The first-order chi connectivity index (χ1) is 12.6. The Hall–Kier alpha value is -1.56. The summed E-state index contributed by atoms with van der Waals surface area (Å²) < 4.78 is 0.959. The van der Waals surface area contributed by atoms with Crippen LogP contribution in [0.4, 0.5) is 10.5 Å². The molecule has 27 heavy (non-hydrogen) atoms. The zero-order valence-electron chi connectivity index (χ0n) is 15.2. The molecule has 2 aromatic rings. The van der Waals surface area contributed by atoms with Gasteiger partial charge in [0.05, 0.1) is 5.69 Å². The lowest BCUT2D eigenvalue weighted by Gasteiger charge is -2.34. The number of nitrogens with zero attached hydrogens (tertiary/aromatic N) is 2. The van der Waals surface area contributed by atoms with E-state index in [0.29, 0.717) is 22.2 Å². The van der Waals surface area contributed by atoms with Gasteiger partial charge in [-0.2, -0.15) is 0 Å². The molecule has 0 aliphatic carbocycles. The summed E-state index contributed by atoms with van der Waals surface area (Å²) in [6, 6.07) is 11.9. The third kappa shape index (κ3) is 3.73. The Labute approximate surface area is 177 Å². The molecular weight excluding hydrogens is 451 g/mol. The Balaban J connectivity index is 2.05. The Morgan fingerprint density at radius 3 is 2.11 bits per heavy atom. The van der Waals surface area contributed by atoms with Crippen LogP contribution in [0, 0.1) is 0 Å². The number of carbonyl (C=O) groups is 2. The molecule has 0 spiro atoms. The molecule has 0 aromatic heterocycles. The summed E-state index contributed by atoms with van der Waals surface area (Å²) in [5.74, 6) is -0.289. The molecule has 0 bridgehead atoms. The molecule has 1 atom stereocenters. The van der Waals surface area contributed by atoms with Gasteiger partial charge in [-0.1, -0.05) is 51.3 Å². The predicted octanol–water partition coefficient (Wildman–Crippen LogP) is 5.93. The summed E-state index contributed by atoms with van der Waals surface area (Å²) in [4.78, 5) is 29.4. The predicted molar refractivity (Wildman–Crippen MR) is 113 cm³/mol. The van der Waals surface area contributed by atoms with Crippen molar-refractivity contribution < 1.29 is 9.59 Å². The van der Waals surface area contributed by atoms with Crippen LogP contribution in [-0.2, 0) is 11.2 Å². The van der Waals surface area contributed by atoms with E-state index in [2.05, 4.69) is 15.9 Å². The van der Waals surface area contributed by atoms with Gasteiger partial charge in [-0.15, -0.1) is 0 Å². The van der Waals surface area contributed by atoms with Crippen LogP contribution in [0.3, 0.4) is 0 Å². The van der Waals surface area contributed by atoms with Gasteiger partial charge in [0.15, 0.2) is 0 Å². The molecule has 2 aromatic carbocycles. The van der Waals surface area contributed by atoms with Gasteiger partial charge in [-0.25, -0.2) is 9.69 Å². The number of imide groups is 1. The van der Waals surface area contributed by atoms with Gasteiger partial charge in [0.2, 0.25) is 0 Å². The molecular formula is C20H19BrCl2N2O2. The molecule has 4 nitrogen and oxygen atoms in total. The molecule has 0 saturated carbocycles. The fourth-order valence-corrected chi connectivity index (χ4v) is 4.38. The number of hydrogen-bond donors (Lipinski definition) is 0. The first-order valence-electron chi connectivity index (χ1n) is 8.52. The van der Waals surface area contributed by atoms with Crippen molar-refractivity contribution in [3.05, 3.63) is 62.5 Å². The molecule has 1 heterocycles. The second-order valence-electron chi connectivity index (χ2n) is 7.09. The van der Waals surface area contributed by atoms with E-state index < -0.39 is 5.54 Å². The highest BCUT2D eigenvalue weighted by Gasteiger charge is 2.55. The average Bonchev–Trinajstić information content (AvgIpc) is 2.75. The van der Waals surface area contributed by atoms with Crippen LogP contribution in [0.25, 0.3) is 0 Å². The van der Waals surface area contributed by atoms with Crippen LogP contribution < -0.4 is 4.90 Å². The fraction of sp³-hybridized carbons (Fsp3) is 0.300. The van der Waals surface area contributed by atoms with E-state index in [1.165, 1.54) is 4.90 Å². The Bertz CT molecular complexity index is 881. The maximum absolute atomic E-state index is 13.4. The van der Waals surface area contributed by atoms with Crippen molar-refractivity contribution in [1.29, 1.82) is 0 Å². The minimum Gasteiger partial charge on any atom is -0.307 e. The molecule has 1 fully saturated rings. The summed E-state index contributed by atoms with van der Waals surface area (Å²) >= 11 is 15.6. The fourth-order valence-electron chi connectivity index (χ4n) is 3.60. The van der Waals surface area contributed by atoms with Crippen molar-refractivity contribution in [2.24, 2.45) is 0 Å². The minimum absolute atomic E-state index is 0.151. The highest BCUT2D eigenvalue weighted by molar-refractivity contribution is 9.10. The second-order valence-corrected chi connectivity index (χ2v) is 8.88. The Morgan fingerprint density at radius 1 is 1.04 bits per heavy atom. The van der Waals surface area contributed by atoms with Crippen molar-refractivity contribution in [2.45, 2.75) is 38.8 Å². The van der Waals surface area contributed by atoms with Gasteiger partial charge < -0.3 is 4.90 Å². The van der Waals surface area contributed by atoms with Crippen molar-refractivity contribution in [3.63, 3.8) is 0 Å². The van der Waals surface area contributed by atoms with E-state index in [9.17, 15) is 9.59 Å². The molecule has 0 radical (unpaired) electrons. The average molecular weight is 470 g/mol. The summed E-state index contributed by atoms with van der Waals surface area (Å²) in [6.07, 6.45) is 0.411. The number of rotatable bonds is 4. The van der Waals surface area contributed by atoms with Crippen molar-refractivity contribution in [3.8, 4) is 0 Å². The lowest BCUT2D eigenvalue weighted by Crippen LogP contribution is -2.51. The number of halogens is 3. The lowest BCUT2D eigenvalue weighted by molar-refractivity contribution is -0.124. The quantitative estimate of drug-likeness (QED) is 0.520. The molecule has 1 saturated heterocycles. The number of anilines is 1. The third-order valence-corrected chi connectivity index (χ3v) is 5.64. The van der Waals surface area contributed by atoms with Gasteiger partial charge in [0.1, 0.15) is 5.54 Å². The molecule has 7 heteroatoms. The Morgan fingerprint density at radius 2 is 1.59 bits per heavy atom. The van der Waals surface area contributed by atoms with Crippen molar-refractivity contribution in [1.82, 2.24) is 4.90 Å². The van der Waals surface area contributed by atoms with Crippen molar-refractivity contribution in [2.75, 3.05) is 4.90 Å². The van der Waals surface area contributed by atoms with Crippen LogP contribution >= 0.6 is 39.1 Å². The zero-order chi connectivity index (χ0) is 19.9. The molecule has 1 aliphatic heterocycles. The van der Waals surface area contributed by atoms with E-state index in [-0.39, 0.29) is 18.0 Å². The number of urea groups is 1. The lowest BCUT2D eigenvalue weighted by atomic mass is 9.90. The highest BCUT2D eigenvalue weighted by Crippen LogP contribution is 2.38. The standard InChI is InChI=1S/C20H19BrCl2N2O2/c1-12(2)25-19(27)24(17-9-15(22)8-16(23)10-17)18(26)20(25,3)11-13-4-6-14(21)7-5-13/h4-10,12H,11H2,1-3H3/t20-/m1/s1. The highest BCUT2D eigenvalue weighted by atomic mass is 79.9. The smallest absolute Gasteiger partial charge is 0.307 e. The second kappa shape index (κ2) is 7.46. The maximum atomic E-state index is 13.4. The SMILES string of the molecule is CC(C)N1C(=O)N(c2cc(Cl)cc(Cl)c2)C(=O)[C@@]1(C)Cc1ccc(Br)cc1. The molecule has 0 unspecified atom stereocenters. The summed E-state index contributed by atoms with van der Waals surface area (Å²) in [7, 11) is 0. The number of benzene rings is 2. The first kappa shape index (κ1) is 20.2. The van der Waals surface area contributed by atoms with Crippen LogP contribution in [0.1, 0.15) is 26.3 Å². The number of carbonyl (C=O) groups excluding carboxylic acids is 2. The summed E-state index contributed by atoms with van der Waals surface area (Å²) in [5, 5.41) is 0.742. The van der Waals surface area contributed by atoms with E-state index in [1.807, 2.05) is 38.1 Å². The molecule has 3 rings (SSSR count). The van der Waals surface area contributed by atoms with E-state index >= 15 is 0 Å². The zero-order valence-corrected chi connectivity index (χ0v) is 18.3. The minimum atomic E-state index is -1.01. The topological polar surface area (TPSA) is 40.6 Å². The largest absolute Gasteiger partial charge is 0.332 e. The third-order valence-electron chi connectivity index (χ3n) is 4.68. The first-order valence-corrected chi connectivity index (χ1v) is 10.1. The summed E-state index contributed by atoms with van der Waals surface area (Å²) in [5.41, 5.74) is 0.347. The monoisotopic (exact) mass is 468 g/mol. The van der Waals surface area contributed by atoms with Crippen LogP contribution in [0.2, 0.25) is 10.0 Å². The van der Waals surface area contributed by atoms with E-state index in [4.69, 9.17) is 23.2 Å². The van der Waals surface area contributed by atoms with Crippen LogP contribution in [0.5, 0.6) is 0 Å². The van der Waals surface area contributed by atoms with E-state index in [0.717, 1.165) is 10.0 Å². The van der Waals surface area contributed by atoms with Crippen molar-refractivity contribution >= 4 is 56.8 Å². The van der Waals surface area contributed by atoms with Gasteiger partial charge in [0.25, 0.3) is 5.91 Å². The maximum Gasteiger partial charge on any atom is 0.332 e. The summed E-state index contributed by atoms with van der Waals surface area (Å²) in [6.45, 7) is 5.61. The van der Waals surface area contributed by atoms with Gasteiger partial charge in [-0.05, 0) is 56.7 Å². The van der Waals surface area contributed by atoms with Crippen LogP contribution in [-0.4, -0.2) is 28.4 Å². The normalized spacial score (nSPS) is 20.1. The molecule has 142 valence electrons. The van der Waals surface area contributed by atoms with E-state index in [1.54, 1.807) is 30.0 Å². The van der Waals surface area contributed by atoms with Gasteiger partial charge in [0, 0.05) is 27.0 Å². The van der Waals surface area contributed by atoms with Gasteiger partial charge in [-0.3, -0.25) is 4.79 Å². The number of amides is 3. The molecule has 1 aliphatic rings. The van der Waals surface area contributed by atoms with Gasteiger partial charge >= 0.3 is 6.03 Å². The Kier molecular flexibility index (Phi) is 5.57. The number of hydrogen-bond acceptors (Lipinski definition) is 2. The van der Waals surface area contributed by atoms with Crippen LogP contribution in [0.15, 0.2) is 46.9 Å². The molecule has 0 N–H and O–H groups in total. The molecule has 3 amide bonds.